The number of anilines is 4. The average molecular weight is 570 g/mol. The van der Waals surface area contributed by atoms with Crippen LogP contribution in [-0.4, -0.2) is 71.6 Å². The Bertz CT molecular complexity index is 1620. The van der Waals surface area contributed by atoms with Gasteiger partial charge in [0.25, 0.3) is 0 Å². The number of aromatic nitrogens is 3. The highest BCUT2D eigenvalue weighted by Crippen LogP contribution is 2.34. The Labute approximate surface area is 247 Å². The molecule has 1 amide bonds. The number of amides is 1. The van der Waals surface area contributed by atoms with Crippen molar-refractivity contribution in [2.45, 2.75) is 26.9 Å². The van der Waals surface area contributed by atoms with Crippen LogP contribution in [0.15, 0.2) is 61.4 Å². The van der Waals surface area contributed by atoms with Crippen molar-refractivity contribution in [1.29, 1.82) is 0 Å². The number of carbonyl (C=O) groups excluding carboxylic acids is 2. The van der Waals surface area contributed by atoms with E-state index in [1.807, 2.05) is 90.1 Å². The van der Waals surface area contributed by atoms with Crippen LogP contribution in [-0.2, 0) is 16.6 Å². The van der Waals surface area contributed by atoms with Gasteiger partial charge >= 0.3 is 5.97 Å². The van der Waals surface area contributed by atoms with Gasteiger partial charge in [0.1, 0.15) is 0 Å². The monoisotopic (exact) mass is 569 g/mol. The molecule has 42 heavy (non-hydrogen) atoms. The molecule has 2 aromatic heterocycles. The molecule has 0 unspecified atom stereocenters. The first-order chi connectivity index (χ1) is 20.0. The third-order valence-electron chi connectivity index (χ3n) is 6.83. The smallest absolute Gasteiger partial charge is 0.338 e. The third-order valence-corrected chi connectivity index (χ3v) is 6.83. The Morgan fingerprint density at radius 3 is 2.55 bits per heavy atom. The standard InChI is InChI=1S/C32H39N7O3/c1-9-30(40)34-27-18-26(21(4)16-29(27)38(7)15-14-37(5)6)36-32-33-13-12-25(35-32)24-19-39(8)28-17-22(10-11-23(24)28)31(41)42-20(2)3/h9-13,16-20H,1,14-15H2,2-8H3,(H,34,40)(H,33,35,36). The zero-order valence-corrected chi connectivity index (χ0v) is 25.4. The molecule has 0 aliphatic carbocycles. The molecule has 4 rings (SSSR count). The quantitative estimate of drug-likeness (QED) is 0.183. The molecule has 0 aliphatic rings. The number of nitrogens with one attached hydrogen (secondary N) is 2. The van der Waals surface area contributed by atoms with Crippen LogP contribution >= 0.6 is 0 Å². The fraction of sp³-hybridized carbons (Fsp3) is 0.312. The van der Waals surface area contributed by atoms with Crippen molar-refractivity contribution in [3.63, 3.8) is 0 Å². The van der Waals surface area contributed by atoms with Crippen molar-refractivity contribution < 1.29 is 14.3 Å². The molecule has 220 valence electrons. The van der Waals surface area contributed by atoms with Crippen molar-refractivity contribution in [2.75, 3.05) is 49.8 Å². The predicted molar refractivity (Wildman–Crippen MR) is 170 cm³/mol. The van der Waals surface area contributed by atoms with E-state index in [4.69, 9.17) is 9.72 Å². The zero-order valence-electron chi connectivity index (χ0n) is 25.4. The summed E-state index contributed by atoms with van der Waals surface area (Å²) in [6.45, 7) is 10.9. The number of benzene rings is 2. The van der Waals surface area contributed by atoms with E-state index in [1.54, 1.807) is 12.3 Å². The summed E-state index contributed by atoms with van der Waals surface area (Å²) < 4.78 is 7.34. The number of fused-ring (bicyclic) bond motifs is 1. The summed E-state index contributed by atoms with van der Waals surface area (Å²) in [5.41, 5.74) is 6.33. The predicted octanol–water partition coefficient (Wildman–Crippen LogP) is 5.37. The van der Waals surface area contributed by atoms with Crippen LogP contribution in [0.1, 0.15) is 29.8 Å². The molecule has 0 saturated heterocycles. The van der Waals surface area contributed by atoms with Crippen molar-refractivity contribution in [1.82, 2.24) is 19.4 Å². The highest BCUT2D eigenvalue weighted by molar-refractivity contribution is 6.02. The highest BCUT2D eigenvalue weighted by atomic mass is 16.5. The van der Waals surface area contributed by atoms with Crippen LogP contribution in [0.5, 0.6) is 0 Å². The zero-order chi connectivity index (χ0) is 30.6. The van der Waals surface area contributed by atoms with Crippen LogP contribution in [0.2, 0.25) is 0 Å². The summed E-state index contributed by atoms with van der Waals surface area (Å²) in [4.78, 5) is 38.2. The average Bonchev–Trinajstić information content (AvgIpc) is 3.28. The lowest BCUT2D eigenvalue weighted by Crippen LogP contribution is -2.29. The number of ether oxygens (including phenoxy) is 1. The molecule has 2 aromatic carbocycles. The Hall–Kier alpha value is -4.70. The molecule has 4 aromatic rings. The first-order valence-corrected chi connectivity index (χ1v) is 13.8. The molecule has 0 saturated carbocycles. The van der Waals surface area contributed by atoms with Gasteiger partial charge in [0.15, 0.2) is 0 Å². The van der Waals surface area contributed by atoms with Gasteiger partial charge in [-0.3, -0.25) is 4.79 Å². The summed E-state index contributed by atoms with van der Waals surface area (Å²) >= 11 is 0. The van der Waals surface area contributed by atoms with E-state index in [0.717, 1.165) is 52.2 Å². The van der Waals surface area contributed by atoms with E-state index in [0.29, 0.717) is 17.2 Å². The molecule has 0 radical (unpaired) electrons. The van der Waals surface area contributed by atoms with Gasteiger partial charge in [-0.15, -0.1) is 0 Å². The summed E-state index contributed by atoms with van der Waals surface area (Å²) in [5.74, 6) is -0.224. The summed E-state index contributed by atoms with van der Waals surface area (Å²) in [6, 6.07) is 11.3. The van der Waals surface area contributed by atoms with Crippen molar-refractivity contribution in [3.8, 4) is 11.3 Å². The van der Waals surface area contributed by atoms with Crippen molar-refractivity contribution in [2.24, 2.45) is 7.05 Å². The van der Waals surface area contributed by atoms with E-state index >= 15 is 0 Å². The molecule has 10 nitrogen and oxygen atoms in total. The molecular weight excluding hydrogens is 530 g/mol. The van der Waals surface area contributed by atoms with E-state index in [2.05, 4.69) is 32.0 Å². The number of rotatable bonds is 11. The lowest BCUT2D eigenvalue weighted by molar-refractivity contribution is -0.111. The first-order valence-electron chi connectivity index (χ1n) is 13.8. The fourth-order valence-corrected chi connectivity index (χ4v) is 4.58. The van der Waals surface area contributed by atoms with Gasteiger partial charge in [-0.25, -0.2) is 14.8 Å². The number of hydrogen-bond acceptors (Lipinski definition) is 8. The lowest BCUT2D eigenvalue weighted by Gasteiger charge is -2.25. The molecule has 10 heteroatoms. The third kappa shape index (κ3) is 6.95. The largest absolute Gasteiger partial charge is 0.459 e. The number of aryl methyl sites for hydroxylation is 2. The second kappa shape index (κ2) is 12.9. The number of nitrogens with zero attached hydrogens (tertiary/aromatic N) is 5. The first kappa shape index (κ1) is 30.3. The van der Waals surface area contributed by atoms with E-state index in [9.17, 15) is 9.59 Å². The maximum atomic E-state index is 12.5. The van der Waals surface area contributed by atoms with E-state index < -0.39 is 0 Å². The molecule has 0 fully saturated rings. The molecular formula is C32H39N7O3. The number of esters is 1. The number of hydrogen-bond donors (Lipinski definition) is 2. The van der Waals surface area contributed by atoms with Gasteiger partial charge in [0, 0.05) is 61.7 Å². The van der Waals surface area contributed by atoms with Gasteiger partial charge in [-0.05, 0) is 76.8 Å². The van der Waals surface area contributed by atoms with Crippen LogP contribution in [0.3, 0.4) is 0 Å². The molecule has 0 bridgehead atoms. The fourth-order valence-electron chi connectivity index (χ4n) is 4.58. The van der Waals surface area contributed by atoms with Crippen LogP contribution in [0.25, 0.3) is 22.2 Å². The summed E-state index contributed by atoms with van der Waals surface area (Å²) in [5, 5.41) is 7.23. The SMILES string of the molecule is C=CC(=O)Nc1cc(Nc2nccc(-c3cn(C)c4cc(C(=O)OC(C)C)ccc34)n2)c(C)cc1N(C)CCN(C)C. The van der Waals surface area contributed by atoms with Gasteiger partial charge in [0.2, 0.25) is 11.9 Å². The van der Waals surface area contributed by atoms with E-state index in [1.165, 1.54) is 6.08 Å². The minimum absolute atomic E-state index is 0.192. The van der Waals surface area contributed by atoms with Gasteiger partial charge < -0.3 is 29.7 Å². The van der Waals surface area contributed by atoms with Crippen molar-refractivity contribution in [3.05, 3.63) is 72.6 Å². The Morgan fingerprint density at radius 1 is 1.10 bits per heavy atom. The second-order valence-corrected chi connectivity index (χ2v) is 10.8. The van der Waals surface area contributed by atoms with Gasteiger partial charge in [0.05, 0.1) is 28.7 Å². The normalized spacial score (nSPS) is 11.2. The molecule has 2 heterocycles. The lowest BCUT2D eigenvalue weighted by atomic mass is 10.1. The minimum Gasteiger partial charge on any atom is -0.459 e. The van der Waals surface area contributed by atoms with Crippen LogP contribution in [0, 0.1) is 6.92 Å². The summed E-state index contributed by atoms with van der Waals surface area (Å²) in [7, 11) is 7.99. The second-order valence-electron chi connectivity index (χ2n) is 10.8. The van der Waals surface area contributed by atoms with E-state index in [-0.39, 0.29) is 18.0 Å². The molecule has 2 N–H and O–H groups in total. The van der Waals surface area contributed by atoms with Gasteiger partial charge in [-0.1, -0.05) is 12.6 Å². The topological polar surface area (TPSA) is 105 Å². The Balaban J connectivity index is 1.66. The van der Waals surface area contributed by atoms with Crippen LogP contribution in [0.4, 0.5) is 23.0 Å². The Kier molecular flexibility index (Phi) is 9.27. The molecule has 0 atom stereocenters. The maximum absolute atomic E-state index is 12.5. The Morgan fingerprint density at radius 2 is 1.86 bits per heavy atom. The van der Waals surface area contributed by atoms with Crippen LogP contribution < -0.4 is 15.5 Å². The van der Waals surface area contributed by atoms with Gasteiger partial charge in [-0.2, -0.15) is 0 Å². The number of carbonyl (C=O) groups is 2. The highest BCUT2D eigenvalue weighted by Gasteiger charge is 2.17. The number of likely N-dealkylation sites (N-methyl/N-ethyl adjacent to an activating group) is 2. The summed E-state index contributed by atoms with van der Waals surface area (Å²) in [6.07, 6.45) is 4.75. The molecule has 0 aliphatic heterocycles. The molecule has 0 spiro atoms. The minimum atomic E-state index is -0.350. The van der Waals surface area contributed by atoms with Crippen molar-refractivity contribution >= 4 is 45.8 Å². The maximum Gasteiger partial charge on any atom is 0.338 e.